The van der Waals surface area contributed by atoms with E-state index >= 15 is 0 Å². The SMILES string of the molecule is C1CCCC1.CC1CC(C)C(C)C1C.CC1CCC(C)C1C.Cc1cc(F)ccc1-c1cc(C)c(C2C(C)C(C)C(C)C2C)c[n+]1C.Cc1cc(F)ccc1-c1cc(C)c(C2CC(C)C(C)C2C)c[n+]1C.Cc1ccc(C#N)cc1-c1cc(-c2c(C)cc3c(oc4ncccc43)c2C)c(-c2c(C)cc(C3C(C)C(C)C(C)C3C)cc2C)c[n+]1C.[CH3-].[CH3-].[CH3-].[CH3-].[CH3-].[CH3-].[Os+2].[Os+2].[Os+2]. The molecule has 6 fully saturated rings. The molecule has 0 radical (unpaired) electrons. The molecule has 0 bridgehead atoms. The van der Waals surface area contributed by atoms with Gasteiger partial charge < -0.3 is 49.0 Å². The normalized spacial score (nSPS) is 26.1. The summed E-state index contributed by atoms with van der Waals surface area (Å²) in [5.74, 6) is 16.2. The molecule has 0 aliphatic heterocycles. The quantitative estimate of drug-likeness (QED) is 0.112. The van der Waals surface area contributed by atoms with Crippen molar-refractivity contribution in [1.82, 2.24) is 4.98 Å². The molecular formula is C117H168F2N5OOs3+3. The molecule has 10 aromatic rings. The van der Waals surface area contributed by atoms with Crippen LogP contribution in [-0.4, -0.2) is 4.98 Å². The summed E-state index contributed by atoms with van der Waals surface area (Å²) in [6, 6.07) is 36.6. The maximum absolute atomic E-state index is 13.5. The van der Waals surface area contributed by atoms with Crippen molar-refractivity contribution in [1.29, 1.82) is 5.26 Å². The molecule has 5 aromatic carbocycles. The minimum absolute atomic E-state index is 0. The summed E-state index contributed by atoms with van der Waals surface area (Å²) in [6.45, 7) is 62.7. The number of aryl methyl sites for hydroxylation is 12. The smallest absolute Gasteiger partial charge is 0.437 e. The molecular weight excluding hydrogens is 2100 g/mol. The Morgan fingerprint density at radius 1 is 0.359 bits per heavy atom. The van der Waals surface area contributed by atoms with Crippen LogP contribution in [0.2, 0.25) is 0 Å². The van der Waals surface area contributed by atoms with Crippen LogP contribution in [0, 0.1) is 236 Å². The Bertz CT molecular complexity index is 5220. The number of nitrogens with zero attached hydrogens (tertiary/aromatic N) is 5. The van der Waals surface area contributed by atoms with Gasteiger partial charge >= 0.3 is 59.4 Å². The number of benzene rings is 5. The van der Waals surface area contributed by atoms with E-state index in [0.29, 0.717) is 64.5 Å². The van der Waals surface area contributed by atoms with Gasteiger partial charge in [0, 0.05) is 68.5 Å². The van der Waals surface area contributed by atoms with Gasteiger partial charge in [-0.15, -0.1) is 0 Å². The molecule has 0 saturated heterocycles. The summed E-state index contributed by atoms with van der Waals surface area (Å²) in [7, 11) is 6.34. The molecule has 128 heavy (non-hydrogen) atoms. The van der Waals surface area contributed by atoms with Crippen LogP contribution in [0.15, 0.2) is 132 Å². The van der Waals surface area contributed by atoms with Gasteiger partial charge in [0.2, 0.25) is 22.8 Å². The summed E-state index contributed by atoms with van der Waals surface area (Å²) in [4.78, 5) is 4.54. The van der Waals surface area contributed by atoms with Crippen molar-refractivity contribution in [2.45, 2.75) is 262 Å². The van der Waals surface area contributed by atoms with Crippen molar-refractivity contribution < 1.29 is 86.3 Å². The van der Waals surface area contributed by atoms with Gasteiger partial charge in [0.1, 0.15) is 38.4 Å². The van der Waals surface area contributed by atoms with Gasteiger partial charge in [0.05, 0.1) is 22.8 Å². The number of nitriles is 1. The van der Waals surface area contributed by atoms with Crippen molar-refractivity contribution in [3.63, 3.8) is 0 Å². The molecule has 18 atom stereocenters. The second-order valence-corrected chi connectivity index (χ2v) is 40.1. The first-order valence-electron chi connectivity index (χ1n) is 46.2. The average Bonchev–Trinajstić information content (AvgIpc) is 1.44. The van der Waals surface area contributed by atoms with E-state index in [-0.39, 0.29) is 116 Å². The number of pyridine rings is 4. The van der Waals surface area contributed by atoms with Crippen LogP contribution in [-0.2, 0) is 80.5 Å². The van der Waals surface area contributed by atoms with Crippen LogP contribution >= 0.6 is 0 Å². The van der Waals surface area contributed by atoms with Crippen molar-refractivity contribution in [2.24, 2.45) is 128 Å². The topological polar surface area (TPSA) is 61.5 Å². The molecule has 0 N–H and O–H groups in total. The number of rotatable bonds is 8. The molecule has 11 heteroatoms. The van der Waals surface area contributed by atoms with Crippen molar-refractivity contribution in [3.05, 3.63) is 256 Å². The van der Waals surface area contributed by atoms with Gasteiger partial charge in [0.25, 0.3) is 0 Å². The number of hydrogen-bond acceptors (Lipinski definition) is 3. The number of halogens is 2. The van der Waals surface area contributed by atoms with Crippen molar-refractivity contribution in [2.75, 3.05) is 0 Å². The van der Waals surface area contributed by atoms with E-state index in [9.17, 15) is 14.0 Å². The predicted molar refractivity (Wildman–Crippen MR) is 536 cm³/mol. The van der Waals surface area contributed by atoms with E-state index in [2.05, 4.69) is 280 Å². The molecule has 702 valence electrons. The fourth-order valence-corrected chi connectivity index (χ4v) is 23.1. The number of fused-ring (bicyclic) bond motifs is 3. The van der Waals surface area contributed by atoms with Gasteiger partial charge in [-0.3, -0.25) is 0 Å². The van der Waals surface area contributed by atoms with Crippen LogP contribution in [0.4, 0.5) is 8.78 Å². The first-order valence-corrected chi connectivity index (χ1v) is 46.2. The zero-order valence-corrected chi connectivity index (χ0v) is 93.7. The molecule has 0 amide bonds. The van der Waals surface area contributed by atoms with Crippen LogP contribution in [0.1, 0.15) is 272 Å². The summed E-state index contributed by atoms with van der Waals surface area (Å²) in [5.41, 5.74) is 28.8. The van der Waals surface area contributed by atoms with E-state index in [1.807, 2.05) is 50.2 Å². The molecule has 18 unspecified atom stereocenters. The van der Waals surface area contributed by atoms with E-state index < -0.39 is 0 Å². The third-order valence-corrected chi connectivity index (χ3v) is 32.8. The zero-order valence-electron chi connectivity index (χ0n) is 86.1. The summed E-state index contributed by atoms with van der Waals surface area (Å²) >= 11 is 0. The molecule has 6 aliphatic carbocycles. The van der Waals surface area contributed by atoms with E-state index in [0.717, 1.165) is 143 Å². The van der Waals surface area contributed by atoms with Gasteiger partial charge in [-0.1, -0.05) is 188 Å². The summed E-state index contributed by atoms with van der Waals surface area (Å²) in [5, 5.41) is 11.9. The number of hydrogen-bond donors (Lipinski definition) is 0. The van der Waals surface area contributed by atoms with Crippen molar-refractivity contribution >= 4 is 22.1 Å². The molecule has 16 rings (SSSR count). The van der Waals surface area contributed by atoms with E-state index in [1.165, 1.54) is 125 Å². The molecule has 6 aliphatic rings. The van der Waals surface area contributed by atoms with Gasteiger partial charge in [-0.25, -0.2) is 27.5 Å². The Hall–Kier alpha value is -6.24. The minimum Gasteiger partial charge on any atom is -0.437 e. The second kappa shape index (κ2) is 50.2. The Morgan fingerprint density at radius 3 is 1.20 bits per heavy atom. The predicted octanol–water partition coefficient (Wildman–Crippen LogP) is 32.0. The van der Waals surface area contributed by atoms with Crippen LogP contribution < -0.4 is 13.7 Å². The molecule has 5 heterocycles. The second-order valence-electron chi connectivity index (χ2n) is 40.1. The largest absolute Gasteiger partial charge is 2.00 e. The van der Waals surface area contributed by atoms with Crippen LogP contribution in [0.5, 0.6) is 0 Å². The standard InChI is InChI=1S/C44H46N3O.C23H31FN.C22H29FN.C9H18.C8H16.C5H10.6CH3.3Os/c1-23-13-14-32(21-45)19-35(23)39-20-36(41-26(4)18-37-34-12-11-15-46-44(34)48-43(37)31(41)9)38(22-47(39)10)40-24(2)16-33(17-25(40)3)42-29(7)27(5)28(6)30(42)8;1-13-10-19(24)8-9-20(13)22-11-14(2)21(12-25(22)7)23-17(5)15(3)16(4)18(23)6;1-13-10-20(17(5)16(13)4)21-12-24(6)22(11-15(21)3)19-8-7-18(23)9-14(19)2;1-6-5-7(2)9(4)8(6)3;1-6-4-5-7(2)8(6)3;1-2-4-5-3-1;;;;;;;;;/h11-20,22,27-30,42H,1-10H3;8-12,15-18,23H,1-7H3;7-9,11-13,16-17,20H,10H2,1-6H3;6-9H,5H2,1-4H3;6-8H,4-5H2,1-3H3;1-5H2;6*1H3;;;/q3*+1;;;;6*-1;3*+2. The Kier molecular flexibility index (Phi) is 46.2. The monoisotopic (exact) mass is 2270 g/mol. The first-order chi connectivity index (χ1) is 56.3. The Balaban J connectivity index is 0.000000589. The van der Waals surface area contributed by atoms with Gasteiger partial charge in [0.15, 0.2) is 18.6 Å². The molecule has 0 spiro atoms. The van der Waals surface area contributed by atoms with Gasteiger partial charge in [-0.05, 0) is 327 Å². The number of furan rings is 1. The van der Waals surface area contributed by atoms with Crippen LogP contribution in [0.3, 0.4) is 0 Å². The fourth-order valence-electron chi connectivity index (χ4n) is 23.1. The maximum atomic E-state index is 13.5. The van der Waals surface area contributed by atoms with E-state index in [1.54, 1.807) is 30.5 Å². The van der Waals surface area contributed by atoms with Gasteiger partial charge in [-0.2, -0.15) is 5.26 Å². The zero-order chi connectivity index (χ0) is 86.9. The fraction of sp³-hybridized carbons (Fsp3) is 0.513. The third kappa shape index (κ3) is 25.0. The Morgan fingerprint density at radius 2 is 0.781 bits per heavy atom. The van der Waals surface area contributed by atoms with Crippen molar-refractivity contribution in [3.8, 4) is 62.1 Å². The minimum atomic E-state index is -0.172. The Labute approximate surface area is 820 Å². The summed E-state index contributed by atoms with van der Waals surface area (Å²) < 4.78 is 40.0. The van der Waals surface area contributed by atoms with Crippen LogP contribution in [0.25, 0.3) is 78.1 Å². The van der Waals surface area contributed by atoms with E-state index in [4.69, 9.17) is 4.42 Å². The third-order valence-electron chi connectivity index (χ3n) is 32.8. The number of aromatic nitrogens is 4. The first kappa shape index (κ1) is 118. The summed E-state index contributed by atoms with van der Waals surface area (Å²) in [6.07, 6.45) is 21.9. The maximum Gasteiger partial charge on any atom is 2.00 e. The molecule has 5 aromatic heterocycles. The molecule has 6 nitrogen and oxygen atoms in total. The molecule has 6 saturated carbocycles. The average molecular weight is 2270 g/mol.